The second-order valence-electron chi connectivity index (χ2n) is 3.89. The molecule has 0 saturated carbocycles. The molecule has 0 aliphatic carbocycles. The van der Waals surface area contributed by atoms with Gasteiger partial charge in [-0.15, -0.1) is 0 Å². The van der Waals surface area contributed by atoms with E-state index in [-0.39, 0.29) is 11.2 Å². The molecule has 0 aromatic rings. The van der Waals surface area contributed by atoms with Crippen molar-refractivity contribution < 1.29 is 17.9 Å². The van der Waals surface area contributed by atoms with Gasteiger partial charge in [0.05, 0.1) is 24.0 Å². The molecule has 1 N–H and O–H groups in total. The van der Waals surface area contributed by atoms with Gasteiger partial charge in [0, 0.05) is 13.1 Å². The lowest BCUT2D eigenvalue weighted by atomic mass is 10.2. The highest BCUT2D eigenvalue weighted by Gasteiger charge is 2.30. The van der Waals surface area contributed by atoms with Gasteiger partial charge in [0.25, 0.3) is 0 Å². The van der Waals surface area contributed by atoms with Gasteiger partial charge < -0.3 is 10.1 Å². The third kappa shape index (κ3) is 4.09. The topological polar surface area (TPSA) is 72.5 Å². The molecule has 1 fully saturated rings. The Morgan fingerprint density at radius 1 is 1.50 bits per heavy atom. The van der Waals surface area contributed by atoms with Gasteiger partial charge in [0.15, 0.2) is 9.84 Å². The number of hydrogen-bond donors (Lipinski definition) is 1. The summed E-state index contributed by atoms with van der Waals surface area (Å²) in [6.07, 6.45) is 1.78. The summed E-state index contributed by atoms with van der Waals surface area (Å²) >= 11 is 0. The second kappa shape index (κ2) is 6.20. The number of esters is 1. The third-order valence-electron chi connectivity index (χ3n) is 2.65. The Morgan fingerprint density at radius 2 is 2.25 bits per heavy atom. The molecule has 0 radical (unpaired) electrons. The van der Waals surface area contributed by atoms with Gasteiger partial charge in [0.1, 0.15) is 0 Å². The maximum absolute atomic E-state index is 11.5. The summed E-state index contributed by atoms with van der Waals surface area (Å²) in [7, 11) is -2.88. The minimum absolute atomic E-state index is 0.246. The van der Waals surface area contributed by atoms with Crippen LogP contribution in [0.5, 0.6) is 0 Å². The van der Waals surface area contributed by atoms with Gasteiger partial charge in [-0.3, -0.25) is 4.79 Å². The standard InChI is InChI=1S/C10H19NO4S/c1-2-15-10(12)5-6-11-8-9-4-3-7-16(9,13)14/h9,11H,2-8H2,1H3. The Hall–Kier alpha value is -0.620. The van der Waals surface area contributed by atoms with Gasteiger partial charge >= 0.3 is 5.97 Å². The molecule has 0 aromatic heterocycles. The first-order chi connectivity index (χ1) is 7.56. The number of rotatable bonds is 6. The molecule has 0 spiro atoms. The fourth-order valence-electron chi connectivity index (χ4n) is 1.77. The van der Waals surface area contributed by atoms with Crippen LogP contribution in [0.4, 0.5) is 0 Å². The van der Waals surface area contributed by atoms with Crippen LogP contribution in [0, 0.1) is 0 Å². The molecular formula is C10H19NO4S. The van der Waals surface area contributed by atoms with E-state index in [1.807, 2.05) is 0 Å². The number of carbonyl (C=O) groups excluding carboxylic acids is 1. The summed E-state index contributed by atoms with van der Waals surface area (Å²) in [6, 6.07) is 0. The van der Waals surface area contributed by atoms with Crippen LogP contribution < -0.4 is 5.32 Å². The average Bonchev–Trinajstić information content (AvgIpc) is 2.53. The van der Waals surface area contributed by atoms with Gasteiger partial charge in [-0.1, -0.05) is 0 Å². The van der Waals surface area contributed by atoms with E-state index in [0.29, 0.717) is 31.9 Å². The zero-order valence-electron chi connectivity index (χ0n) is 9.57. The predicted molar refractivity (Wildman–Crippen MR) is 60.9 cm³/mol. The maximum atomic E-state index is 11.5. The van der Waals surface area contributed by atoms with Crippen molar-refractivity contribution >= 4 is 15.8 Å². The van der Waals surface area contributed by atoms with E-state index in [0.717, 1.165) is 12.8 Å². The lowest BCUT2D eigenvalue weighted by molar-refractivity contribution is -0.142. The largest absolute Gasteiger partial charge is 0.466 e. The Bertz CT molecular complexity index is 326. The smallest absolute Gasteiger partial charge is 0.307 e. The lowest BCUT2D eigenvalue weighted by Gasteiger charge is -2.10. The van der Waals surface area contributed by atoms with Gasteiger partial charge in [-0.25, -0.2) is 8.42 Å². The van der Waals surface area contributed by atoms with E-state index in [9.17, 15) is 13.2 Å². The fraction of sp³-hybridized carbons (Fsp3) is 0.900. The zero-order chi connectivity index (χ0) is 12.0. The average molecular weight is 249 g/mol. The van der Waals surface area contributed by atoms with Crippen molar-refractivity contribution in [3.05, 3.63) is 0 Å². The minimum atomic E-state index is -2.88. The summed E-state index contributed by atoms with van der Waals surface area (Å²) in [6.45, 7) is 3.07. The molecule has 1 aliphatic heterocycles. The van der Waals surface area contributed by atoms with Crippen molar-refractivity contribution in [1.82, 2.24) is 5.32 Å². The summed E-state index contributed by atoms with van der Waals surface area (Å²) < 4.78 is 27.7. The molecule has 1 rings (SSSR count). The number of hydrogen-bond acceptors (Lipinski definition) is 5. The van der Waals surface area contributed by atoms with E-state index in [2.05, 4.69) is 5.32 Å². The van der Waals surface area contributed by atoms with Crippen LogP contribution in [-0.4, -0.2) is 45.1 Å². The molecule has 0 bridgehead atoms. The Morgan fingerprint density at radius 3 is 2.81 bits per heavy atom. The summed E-state index contributed by atoms with van der Waals surface area (Å²) in [5, 5.41) is 2.72. The zero-order valence-corrected chi connectivity index (χ0v) is 10.4. The van der Waals surface area contributed by atoms with Crippen molar-refractivity contribution in [2.45, 2.75) is 31.4 Å². The highest BCUT2D eigenvalue weighted by molar-refractivity contribution is 7.92. The van der Waals surface area contributed by atoms with Crippen LogP contribution in [-0.2, 0) is 19.4 Å². The SMILES string of the molecule is CCOC(=O)CCNCC1CCCS1(=O)=O. The molecule has 0 amide bonds. The third-order valence-corrected chi connectivity index (χ3v) is 4.92. The Kier molecular flexibility index (Phi) is 5.21. The van der Waals surface area contributed by atoms with Gasteiger partial charge in [-0.05, 0) is 19.8 Å². The molecule has 1 saturated heterocycles. The fourth-order valence-corrected chi connectivity index (χ4v) is 3.57. The van der Waals surface area contributed by atoms with Crippen LogP contribution in [0.25, 0.3) is 0 Å². The molecule has 16 heavy (non-hydrogen) atoms. The summed E-state index contributed by atoms with van der Waals surface area (Å²) in [4.78, 5) is 11.0. The monoisotopic (exact) mass is 249 g/mol. The van der Waals surface area contributed by atoms with Crippen LogP contribution in [0.3, 0.4) is 0 Å². The maximum Gasteiger partial charge on any atom is 0.307 e. The van der Waals surface area contributed by atoms with Crippen molar-refractivity contribution in [1.29, 1.82) is 0 Å². The molecule has 1 unspecified atom stereocenters. The number of sulfone groups is 1. The highest BCUT2D eigenvalue weighted by Crippen LogP contribution is 2.18. The van der Waals surface area contributed by atoms with Crippen LogP contribution in [0.15, 0.2) is 0 Å². The molecule has 1 aliphatic rings. The first-order valence-corrected chi connectivity index (χ1v) is 7.35. The van der Waals surface area contributed by atoms with Crippen LogP contribution in [0.2, 0.25) is 0 Å². The Labute approximate surface area is 96.5 Å². The molecular weight excluding hydrogens is 230 g/mol. The van der Waals surface area contributed by atoms with Crippen LogP contribution >= 0.6 is 0 Å². The number of ether oxygens (including phenoxy) is 1. The second-order valence-corrected chi connectivity index (χ2v) is 6.29. The van der Waals surface area contributed by atoms with Gasteiger partial charge in [-0.2, -0.15) is 0 Å². The predicted octanol–water partition coefficient (Wildman–Crippen LogP) is 0.106. The van der Waals surface area contributed by atoms with E-state index in [1.165, 1.54) is 0 Å². The van der Waals surface area contributed by atoms with Crippen molar-refractivity contribution in [3.63, 3.8) is 0 Å². The molecule has 6 heteroatoms. The van der Waals surface area contributed by atoms with Crippen molar-refractivity contribution in [2.24, 2.45) is 0 Å². The molecule has 1 atom stereocenters. The molecule has 1 heterocycles. The number of carbonyl (C=O) groups is 1. The van der Waals surface area contributed by atoms with E-state index in [1.54, 1.807) is 6.92 Å². The first-order valence-electron chi connectivity index (χ1n) is 5.64. The first kappa shape index (κ1) is 13.4. The van der Waals surface area contributed by atoms with E-state index < -0.39 is 9.84 Å². The molecule has 0 aromatic carbocycles. The highest BCUT2D eigenvalue weighted by atomic mass is 32.2. The van der Waals surface area contributed by atoms with E-state index >= 15 is 0 Å². The van der Waals surface area contributed by atoms with Crippen molar-refractivity contribution in [2.75, 3.05) is 25.4 Å². The quantitative estimate of drug-likeness (QED) is 0.534. The van der Waals surface area contributed by atoms with Gasteiger partial charge in [0.2, 0.25) is 0 Å². The minimum Gasteiger partial charge on any atom is -0.466 e. The molecule has 5 nitrogen and oxygen atoms in total. The number of nitrogens with one attached hydrogen (secondary N) is 1. The van der Waals surface area contributed by atoms with Crippen LogP contribution in [0.1, 0.15) is 26.2 Å². The van der Waals surface area contributed by atoms with E-state index in [4.69, 9.17) is 4.74 Å². The summed E-state index contributed by atoms with van der Waals surface area (Å²) in [5.74, 6) is 0.0568. The van der Waals surface area contributed by atoms with Crippen molar-refractivity contribution in [3.8, 4) is 0 Å². The molecule has 94 valence electrons. The lowest BCUT2D eigenvalue weighted by Crippen LogP contribution is -2.31. The Balaban J connectivity index is 2.14. The normalized spacial score (nSPS) is 23.2. The summed E-state index contributed by atoms with van der Waals surface area (Å²) in [5.41, 5.74) is 0.